The molecule has 1 heterocycles. The predicted octanol–water partition coefficient (Wildman–Crippen LogP) is 3.88. The smallest absolute Gasteiger partial charge is 0.338 e. The van der Waals surface area contributed by atoms with Crippen LogP contribution in [0.2, 0.25) is 0 Å². The zero-order chi connectivity index (χ0) is 26.2. The zero-order valence-electron chi connectivity index (χ0n) is 20.0. The van der Waals surface area contributed by atoms with Crippen molar-refractivity contribution in [2.75, 3.05) is 6.61 Å². The molecule has 0 aliphatic carbocycles. The molecule has 5 unspecified atom stereocenters. The molecule has 0 aromatic heterocycles. The first-order chi connectivity index (χ1) is 17.9. The van der Waals surface area contributed by atoms with Crippen LogP contribution in [0.1, 0.15) is 27.6 Å². The highest BCUT2D eigenvalue weighted by atomic mass is 32.2. The van der Waals surface area contributed by atoms with Crippen LogP contribution in [-0.4, -0.2) is 59.5 Å². The number of thioether (sulfide) groups is 1. The van der Waals surface area contributed by atoms with Crippen LogP contribution < -0.4 is 0 Å². The van der Waals surface area contributed by atoms with Crippen LogP contribution in [0.15, 0.2) is 95.9 Å². The van der Waals surface area contributed by atoms with E-state index in [1.807, 2.05) is 30.3 Å². The monoisotopic (exact) mass is 522 g/mol. The molecule has 5 atom stereocenters. The van der Waals surface area contributed by atoms with E-state index in [-0.39, 0.29) is 6.61 Å². The van der Waals surface area contributed by atoms with Gasteiger partial charge in [0.25, 0.3) is 0 Å². The first kappa shape index (κ1) is 26.4. The fourth-order valence-corrected chi connectivity index (χ4v) is 4.93. The minimum Gasteiger partial charge on any atom is -0.459 e. The molecule has 0 amide bonds. The largest absolute Gasteiger partial charge is 0.459 e. The van der Waals surface area contributed by atoms with Crippen LogP contribution in [0, 0.1) is 0 Å². The summed E-state index contributed by atoms with van der Waals surface area (Å²) < 4.78 is 22.7. The number of hydrogen-bond donors (Lipinski definition) is 1. The molecule has 1 aliphatic heterocycles. The second kappa shape index (κ2) is 12.5. The van der Waals surface area contributed by atoms with Crippen molar-refractivity contribution in [1.82, 2.24) is 0 Å². The summed E-state index contributed by atoms with van der Waals surface area (Å²) in [6, 6.07) is 26.0. The van der Waals surface area contributed by atoms with E-state index < -0.39 is 47.8 Å². The third-order valence-electron chi connectivity index (χ3n) is 5.56. The number of carbonyl (C=O) groups excluding carboxylic acids is 3. The van der Waals surface area contributed by atoms with Gasteiger partial charge < -0.3 is 24.1 Å². The molecule has 192 valence electrons. The maximum absolute atomic E-state index is 12.9. The van der Waals surface area contributed by atoms with Crippen molar-refractivity contribution in [3.63, 3.8) is 0 Å². The van der Waals surface area contributed by atoms with Gasteiger partial charge in [-0.15, -0.1) is 0 Å². The molecule has 9 heteroatoms. The number of aliphatic hydroxyl groups excluding tert-OH is 1. The lowest BCUT2D eigenvalue weighted by Crippen LogP contribution is -2.60. The minimum atomic E-state index is -1.45. The van der Waals surface area contributed by atoms with E-state index in [9.17, 15) is 19.5 Å². The normalized spacial score (nSPS) is 23.0. The van der Waals surface area contributed by atoms with Gasteiger partial charge in [0.05, 0.1) is 11.1 Å². The Hall–Kier alpha value is -3.66. The summed E-state index contributed by atoms with van der Waals surface area (Å²) in [5, 5.41) is 11.3. The van der Waals surface area contributed by atoms with Gasteiger partial charge in [-0.25, -0.2) is 9.59 Å². The van der Waals surface area contributed by atoms with E-state index in [4.69, 9.17) is 18.9 Å². The van der Waals surface area contributed by atoms with Crippen LogP contribution in [0.4, 0.5) is 0 Å². The summed E-state index contributed by atoms with van der Waals surface area (Å²) in [5.41, 5.74) is -0.258. The molecule has 0 spiro atoms. The number of esters is 3. The maximum Gasteiger partial charge on any atom is 0.338 e. The Balaban J connectivity index is 1.58. The highest BCUT2D eigenvalue weighted by molar-refractivity contribution is 7.99. The van der Waals surface area contributed by atoms with Gasteiger partial charge in [-0.05, 0) is 36.4 Å². The molecule has 1 fully saturated rings. The van der Waals surface area contributed by atoms with E-state index in [0.29, 0.717) is 11.1 Å². The van der Waals surface area contributed by atoms with Gasteiger partial charge in [0.15, 0.2) is 12.2 Å². The summed E-state index contributed by atoms with van der Waals surface area (Å²) in [5.74, 6) is -1.93. The van der Waals surface area contributed by atoms with Crippen LogP contribution in [0.5, 0.6) is 0 Å². The molecule has 0 bridgehead atoms. The first-order valence-corrected chi connectivity index (χ1v) is 12.5. The Labute approximate surface area is 218 Å². The van der Waals surface area contributed by atoms with Gasteiger partial charge >= 0.3 is 17.9 Å². The quantitative estimate of drug-likeness (QED) is 0.348. The van der Waals surface area contributed by atoms with Crippen molar-refractivity contribution in [2.45, 2.75) is 41.7 Å². The summed E-state index contributed by atoms with van der Waals surface area (Å²) in [6.45, 7) is 0.892. The van der Waals surface area contributed by atoms with E-state index in [1.165, 1.54) is 18.7 Å². The Kier molecular flexibility index (Phi) is 8.95. The Morgan fingerprint density at radius 3 is 1.89 bits per heavy atom. The lowest BCUT2D eigenvalue weighted by molar-refractivity contribution is -0.220. The Morgan fingerprint density at radius 2 is 1.32 bits per heavy atom. The van der Waals surface area contributed by atoms with Gasteiger partial charge in [-0.1, -0.05) is 66.4 Å². The molecular weight excluding hydrogens is 496 g/mol. The second-order valence-corrected chi connectivity index (χ2v) is 9.41. The highest BCUT2D eigenvalue weighted by Gasteiger charge is 2.50. The molecule has 8 nitrogen and oxygen atoms in total. The van der Waals surface area contributed by atoms with E-state index in [2.05, 4.69) is 0 Å². The average molecular weight is 523 g/mol. The first-order valence-electron chi connectivity index (χ1n) is 11.6. The lowest BCUT2D eigenvalue weighted by atomic mass is 9.99. The number of ether oxygens (including phenoxy) is 4. The Bertz CT molecular complexity index is 1190. The molecule has 37 heavy (non-hydrogen) atoms. The molecule has 3 aromatic rings. The van der Waals surface area contributed by atoms with Crippen molar-refractivity contribution < 1.29 is 38.4 Å². The molecule has 0 saturated carbocycles. The number of carbonyl (C=O) groups is 3. The van der Waals surface area contributed by atoms with Gasteiger partial charge in [0.1, 0.15) is 24.3 Å². The fourth-order valence-electron chi connectivity index (χ4n) is 3.80. The maximum atomic E-state index is 12.9. The summed E-state index contributed by atoms with van der Waals surface area (Å²) in [7, 11) is 0. The molecule has 1 aliphatic rings. The summed E-state index contributed by atoms with van der Waals surface area (Å²) in [6.07, 6.45) is -4.91. The molecular formula is C28H26O8S. The standard InChI is InChI=1S/C28H26O8S/c1-18(29)34-24-22(17-33-26(31)19-11-5-2-6-12-19)35-28(37-21-15-9-4-10-16-21)25(23(24)30)36-27(32)20-13-7-3-8-14-20/h2-16,22-25,28,30H,17H2,1H3. The van der Waals surface area contributed by atoms with Gasteiger partial charge in [0.2, 0.25) is 0 Å². The van der Waals surface area contributed by atoms with Crippen molar-refractivity contribution in [2.24, 2.45) is 0 Å². The third kappa shape index (κ3) is 6.97. The van der Waals surface area contributed by atoms with Gasteiger partial charge in [-0.2, -0.15) is 0 Å². The fraction of sp³-hybridized carbons (Fsp3) is 0.250. The molecule has 4 rings (SSSR count). The van der Waals surface area contributed by atoms with Crippen LogP contribution in [0.25, 0.3) is 0 Å². The number of rotatable bonds is 8. The second-order valence-electron chi connectivity index (χ2n) is 8.24. The lowest BCUT2D eigenvalue weighted by Gasteiger charge is -2.43. The van der Waals surface area contributed by atoms with Gasteiger partial charge in [0, 0.05) is 11.8 Å². The SMILES string of the molecule is CC(=O)OC1C(COC(=O)c2ccccc2)OC(Sc2ccccc2)C(OC(=O)c2ccccc2)C1O. The molecule has 1 saturated heterocycles. The molecule has 0 radical (unpaired) electrons. The van der Waals surface area contributed by atoms with Crippen LogP contribution >= 0.6 is 11.8 Å². The number of aliphatic hydroxyl groups is 1. The number of hydrogen-bond acceptors (Lipinski definition) is 9. The van der Waals surface area contributed by atoms with Gasteiger partial charge in [-0.3, -0.25) is 4.79 Å². The molecule has 1 N–H and O–H groups in total. The zero-order valence-corrected chi connectivity index (χ0v) is 20.8. The molecule has 3 aromatic carbocycles. The van der Waals surface area contributed by atoms with Crippen molar-refractivity contribution in [3.05, 3.63) is 102 Å². The minimum absolute atomic E-state index is 0.293. The Morgan fingerprint density at radius 1 is 0.784 bits per heavy atom. The van der Waals surface area contributed by atoms with Crippen molar-refractivity contribution in [1.29, 1.82) is 0 Å². The highest BCUT2D eigenvalue weighted by Crippen LogP contribution is 2.36. The van der Waals surface area contributed by atoms with Crippen LogP contribution in [-0.2, 0) is 23.7 Å². The van der Waals surface area contributed by atoms with Crippen molar-refractivity contribution >= 4 is 29.7 Å². The van der Waals surface area contributed by atoms with Crippen molar-refractivity contribution in [3.8, 4) is 0 Å². The predicted molar refractivity (Wildman–Crippen MR) is 135 cm³/mol. The van der Waals surface area contributed by atoms with Crippen LogP contribution in [0.3, 0.4) is 0 Å². The summed E-state index contributed by atoms with van der Waals surface area (Å²) >= 11 is 1.23. The van der Waals surface area contributed by atoms with E-state index in [0.717, 1.165) is 4.90 Å². The van der Waals surface area contributed by atoms with E-state index in [1.54, 1.807) is 60.7 Å². The summed E-state index contributed by atoms with van der Waals surface area (Å²) in [4.78, 5) is 38.1. The van der Waals surface area contributed by atoms with E-state index >= 15 is 0 Å². The average Bonchev–Trinajstić information content (AvgIpc) is 2.92. The topological polar surface area (TPSA) is 108 Å². The number of benzene rings is 3. The third-order valence-corrected chi connectivity index (χ3v) is 6.71.